The predicted molar refractivity (Wildman–Crippen MR) is 94.2 cm³/mol. The van der Waals surface area contributed by atoms with Crippen LogP contribution in [-0.2, 0) is 21.3 Å². The second kappa shape index (κ2) is 8.61. The van der Waals surface area contributed by atoms with Crippen molar-refractivity contribution in [2.75, 3.05) is 25.6 Å². The number of hydrogen-bond donors (Lipinski definition) is 3. The molecule has 8 heteroatoms. The number of carbonyl (C=O) groups is 1. The van der Waals surface area contributed by atoms with Crippen LogP contribution in [0.25, 0.3) is 0 Å². The maximum Gasteiger partial charge on any atom is 0.337 e. The van der Waals surface area contributed by atoms with Crippen molar-refractivity contribution in [1.29, 1.82) is 0 Å². The first-order chi connectivity index (χ1) is 11.9. The highest BCUT2D eigenvalue weighted by Gasteiger charge is 2.18. The summed E-state index contributed by atoms with van der Waals surface area (Å²) in [6.45, 7) is 0.760. The van der Waals surface area contributed by atoms with Crippen LogP contribution in [0.5, 0.6) is 0 Å². The molecule has 0 fully saturated rings. The van der Waals surface area contributed by atoms with Crippen LogP contribution in [0.1, 0.15) is 15.9 Å². The number of aromatic carboxylic acids is 1. The lowest BCUT2D eigenvalue weighted by Crippen LogP contribution is -2.27. The maximum atomic E-state index is 12.2. The third-order valence-electron chi connectivity index (χ3n) is 3.46. The molecular formula is C17H20N2O5S. The molecule has 7 nitrogen and oxygen atoms in total. The minimum absolute atomic E-state index is 0.105. The molecule has 0 atom stereocenters. The Balaban J connectivity index is 2.21. The Morgan fingerprint density at radius 2 is 1.88 bits per heavy atom. The van der Waals surface area contributed by atoms with Gasteiger partial charge in [-0.25, -0.2) is 17.9 Å². The molecule has 0 amide bonds. The summed E-state index contributed by atoms with van der Waals surface area (Å²) in [7, 11) is -2.33. The van der Waals surface area contributed by atoms with Crippen molar-refractivity contribution in [3.8, 4) is 0 Å². The van der Waals surface area contributed by atoms with Crippen LogP contribution in [-0.4, -0.2) is 39.8 Å². The Labute approximate surface area is 146 Å². The van der Waals surface area contributed by atoms with Gasteiger partial charge in [-0.2, -0.15) is 0 Å². The molecule has 0 aliphatic rings. The summed E-state index contributed by atoms with van der Waals surface area (Å²) in [5.41, 5.74) is 1.23. The lowest BCUT2D eigenvalue weighted by atomic mass is 10.1. The summed E-state index contributed by atoms with van der Waals surface area (Å²) in [4.78, 5) is 11.4. The van der Waals surface area contributed by atoms with E-state index in [1.807, 2.05) is 30.3 Å². The number of anilines is 1. The van der Waals surface area contributed by atoms with Crippen LogP contribution in [0.3, 0.4) is 0 Å². The van der Waals surface area contributed by atoms with Gasteiger partial charge in [0.1, 0.15) is 0 Å². The normalized spacial score (nSPS) is 11.2. The summed E-state index contributed by atoms with van der Waals surface area (Å²) in [5, 5.41) is 12.4. The fourth-order valence-corrected chi connectivity index (χ4v) is 3.22. The average Bonchev–Trinajstić information content (AvgIpc) is 2.60. The summed E-state index contributed by atoms with van der Waals surface area (Å²) >= 11 is 0. The maximum absolute atomic E-state index is 12.2. The third-order valence-corrected chi connectivity index (χ3v) is 4.91. The molecule has 0 aliphatic heterocycles. The van der Waals surface area contributed by atoms with E-state index in [4.69, 9.17) is 4.74 Å². The molecule has 134 valence electrons. The van der Waals surface area contributed by atoms with Crippen molar-refractivity contribution in [2.45, 2.75) is 11.4 Å². The zero-order valence-electron chi connectivity index (χ0n) is 13.7. The fraction of sp³-hybridized carbons (Fsp3) is 0.235. The van der Waals surface area contributed by atoms with Crippen molar-refractivity contribution in [3.63, 3.8) is 0 Å². The van der Waals surface area contributed by atoms with Gasteiger partial charge in [-0.05, 0) is 23.8 Å². The van der Waals surface area contributed by atoms with Crippen LogP contribution < -0.4 is 10.0 Å². The van der Waals surface area contributed by atoms with Gasteiger partial charge in [0.2, 0.25) is 10.0 Å². The molecule has 0 bridgehead atoms. The minimum Gasteiger partial charge on any atom is -0.478 e. The second-order valence-electron chi connectivity index (χ2n) is 5.24. The lowest BCUT2D eigenvalue weighted by Gasteiger charge is -2.12. The average molecular weight is 364 g/mol. The SMILES string of the molecule is COCCNS(=O)(=O)c1ccc(NCc2ccccc2)c(C(=O)O)c1. The Morgan fingerprint density at radius 1 is 1.16 bits per heavy atom. The van der Waals surface area contributed by atoms with Crippen LogP contribution in [0.4, 0.5) is 5.69 Å². The van der Waals surface area contributed by atoms with Gasteiger partial charge in [0, 0.05) is 25.9 Å². The molecule has 2 aromatic rings. The van der Waals surface area contributed by atoms with E-state index in [2.05, 4.69) is 10.0 Å². The highest BCUT2D eigenvalue weighted by Crippen LogP contribution is 2.21. The van der Waals surface area contributed by atoms with Gasteiger partial charge in [0.05, 0.1) is 17.1 Å². The van der Waals surface area contributed by atoms with Gasteiger partial charge < -0.3 is 15.2 Å². The van der Waals surface area contributed by atoms with Gasteiger partial charge >= 0.3 is 5.97 Å². The van der Waals surface area contributed by atoms with Crippen LogP contribution in [0.15, 0.2) is 53.4 Å². The number of benzene rings is 2. The van der Waals surface area contributed by atoms with Crippen LogP contribution in [0, 0.1) is 0 Å². The molecule has 0 saturated carbocycles. The molecule has 0 aliphatic carbocycles. The number of rotatable bonds is 9. The number of sulfonamides is 1. The van der Waals surface area contributed by atoms with Gasteiger partial charge in [-0.15, -0.1) is 0 Å². The summed E-state index contributed by atoms with van der Waals surface area (Å²) < 4.78 is 31.5. The quantitative estimate of drug-likeness (QED) is 0.587. The monoisotopic (exact) mass is 364 g/mol. The van der Waals surface area contributed by atoms with E-state index in [-0.39, 0.29) is 23.6 Å². The van der Waals surface area contributed by atoms with Gasteiger partial charge in [-0.1, -0.05) is 30.3 Å². The number of carboxylic acids is 1. The fourth-order valence-electron chi connectivity index (χ4n) is 2.18. The van der Waals surface area contributed by atoms with Gasteiger partial charge in [-0.3, -0.25) is 0 Å². The van der Waals surface area contributed by atoms with E-state index in [9.17, 15) is 18.3 Å². The number of nitrogens with one attached hydrogen (secondary N) is 2. The van der Waals surface area contributed by atoms with E-state index in [1.165, 1.54) is 19.2 Å². The number of ether oxygens (including phenoxy) is 1. The van der Waals surface area contributed by atoms with Gasteiger partial charge in [0.25, 0.3) is 0 Å². The van der Waals surface area contributed by atoms with E-state index < -0.39 is 16.0 Å². The molecule has 0 spiro atoms. The lowest BCUT2D eigenvalue weighted by molar-refractivity contribution is 0.0697. The zero-order valence-corrected chi connectivity index (χ0v) is 14.5. The largest absolute Gasteiger partial charge is 0.478 e. The summed E-state index contributed by atoms with van der Waals surface area (Å²) in [6.07, 6.45) is 0. The molecule has 2 rings (SSSR count). The highest BCUT2D eigenvalue weighted by atomic mass is 32.2. The minimum atomic E-state index is -3.79. The van der Waals surface area contributed by atoms with E-state index in [0.717, 1.165) is 11.6 Å². The van der Waals surface area contributed by atoms with Crippen molar-refractivity contribution < 1.29 is 23.1 Å². The molecule has 2 aromatic carbocycles. The molecule has 0 saturated heterocycles. The second-order valence-corrected chi connectivity index (χ2v) is 7.01. The Kier molecular flexibility index (Phi) is 6.51. The Bertz CT molecular complexity index is 822. The van der Waals surface area contributed by atoms with E-state index >= 15 is 0 Å². The van der Waals surface area contributed by atoms with Gasteiger partial charge in [0.15, 0.2) is 0 Å². The molecule has 0 unspecified atom stereocenters. The van der Waals surface area contributed by atoms with Crippen molar-refractivity contribution in [1.82, 2.24) is 4.72 Å². The number of carboxylic acid groups (broad SMARTS) is 1. The number of hydrogen-bond acceptors (Lipinski definition) is 5. The van der Waals surface area contributed by atoms with E-state index in [1.54, 1.807) is 0 Å². The van der Waals surface area contributed by atoms with E-state index in [0.29, 0.717) is 12.2 Å². The van der Waals surface area contributed by atoms with Crippen molar-refractivity contribution in [2.24, 2.45) is 0 Å². The first-order valence-corrected chi connectivity index (χ1v) is 9.06. The summed E-state index contributed by atoms with van der Waals surface area (Å²) in [6, 6.07) is 13.4. The van der Waals surface area contributed by atoms with Crippen molar-refractivity contribution in [3.05, 3.63) is 59.7 Å². The number of methoxy groups -OCH3 is 1. The third kappa shape index (κ3) is 5.28. The smallest absolute Gasteiger partial charge is 0.337 e. The Hall–Kier alpha value is -2.42. The molecule has 25 heavy (non-hydrogen) atoms. The topological polar surface area (TPSA) is 105 Å². The standard InChI is InChI=1S/C17H20N2O5S/c1-24-10-9-19-25(22,23)14-7-8-16(15(11-14)17(20)21)18-12-13-5-3-2-4-6-13/h2-8,11,18-19H,9-10,12H2,1H3,(H,20,21). The molecule has 0 heterocycles. The highest BCUT2D eigenvalue weighted by molar-refractivity contribution is 7.89. The molecular weight excluding hydrogens is 344 g/mol. The van der Waals surface area contributed by atoms with Crippen LogP contribution >= 0.6 is 0 Å². The van der Waals surface area contributed by atoms with Crippen molar-refractivity contribution >= 4 is 21.7 Å². The first-order valence-electron chi connectivity index (χ1n) is 7.58. The Morgan fingerprint density at radius 3 is 2.52 bits per heavy atom. The molecule has 0 radical (unpaired) electrons. The molecule has 3 N–H and O–H groups in total. The van der Waals surface area contributed by atoms with Crippen LogP contribution in [0.2, 0.25) is 0 Å². The molecule has 0 aromatic heterocycles. The zero-order chi connectivity index (χ0) is 18.3. The first kappa shape index (κ1) is 18.9. The summed E-state index contributed by atoms with van der Waals surface area (Å²) in [5.74, 6) is -1.20. The predicted octanol–water partition coefficient (Wildman–Crippen LogP) is 1.92.